The van der Waals surface area contributed by atoms with Crippen LogP contribution >= 0.6 is 12.2 Å². The third-order valence-electron chi connectivity index (χ3n) is 5.05. The van der Waals surface area contributed by atoms with Crippen LogP contribution in [0.5, 0.6) is 0 Å². The number of rotatable bonds is 6. The zero-order valence-electron chi connectivity index (χ0n) is 15.6. The van der Waals surface area contributed by atoms with Gasteiger partial charge in [-0.15, -0.1) is 0 Å². The third kappa shape index (κ3) is 4.06. The molecule has 26 heavy (non-hydrogen) atoms. The maximum Gasteiger partial charge on any atom is 0.181 e. The summed E-state index contributed by atoms with van der Waals surface area (Å²) in [5, 5.41) is 0. The van der Waals surface area contributed by atoms with E-state index in [4.69, 9.17) is 21.7 Å². The number of methoxy groups -OCH3 is 1. The Hall–Kier alpha value is -1.54. The Morgan fingerprint density at radius 1 is 1.19 bits per heavy atom. The van der Waals surface area contributed by atoms with E-state index in [-0.39, 0.29) is 11.9 Å². The van der Waals surface area contributed by atoms with Crippen molar-refractivity contribution in [2.45, 2.75) is 33.2 Å². The summed E-state index contributed by atoms with van der Waals surface area (Å²) in [5.74, 6) is -0.226. The quantitative estimate of drug-likeness (QED) is 0.720. The van der Waals surface area contributed by atoms with Crippen LogP contribution in [0.15, 0.2) is 24.3 Å². The summed E-state index contributed by atoms with van der Waals surface area (Å²) in [4.78, 5) is 2.33. The molecule has 1 saturated heterocycles. The molecule has 1 aliphatic rings. The van der Waals surface area contributed by atoms with Gasteiger partial charge in [-0.25, -0.2) is 4.39 Å². The topological polar surface area (TPSA) is 31.6 Å². The standard InChI is InChI=1S/C19H26FN3O2S/c1-14-15(2)23(19(26)22(14)9-10-24-3)13-21-8-11-25-18(12-21)16-4-6-17(20)7-5-16/h4-7,18H,8-13H2,1-3H3. The van der Waals surface area contributed by atoms with E-state index in [1.54, 1.807) is 19.2 Å². The van der Waals surface area contributed by atoms with Crippen LogP contribution in [-0.2, 0) is 22.7 Å². The lowest BCUT2D eigenvalue weighted by Crippen LogP contribution is -2.39. The number of halogens is 1. The average Bonchev–Trinajstić information content (AvgIpc) is 2.84. The number of morpholine rings is 1. The maximum absolute atomic E-state index is 13.2. The molecule has 0 spiro atoms. The summed E-state index contributed by atoms with van der Waals surface area (Å²) in [5.41, 5.74) is 3.36. The Balaban J connectivity index is 1.74. The van der Waals surface area contributed by atoms with Crippen molar-refractivity contribution >= 4 is 12.2 Å². The molecule has 5 nitrogen and oxygen atoms in total. The summed E-state index contributed by atoms with van der Waals surface area (Å²) in [6.45, 7) is 8.59. The van der Waals surface area contributed by atoms with Gasteiger partial charge in [-0.3, -0.25) is 4.90 Å². The first-order chi connectivity index (χ1) is 12.5. The van der Waals surface area contributed by atoms with E-state index < -0.39 is 0 Å². The van der Waals surface area contributed by atoms with Crippen LogP contribution in [0.1, 0.15) is 23.1 Å². The molecule has 1 aliphatic heterocycles. The number of aromatic nitrogens is 2. The molecule has 7 heteroatoms. The molecule has 1 atom stereocenters. The first-order valence-corrected chi connectivity index (χ1v) is 9.27. The minimum absolute atomic E-state index is 0.0458. The smallest absolute Gasteiger partial charge is 0.181 e. The maximum atomic E-state index is 13.2. The lowest BCUT2D eigenvalue weighted by molar-refractivity contribution is -0.0407. The summed E-state index contributed by atoms with van der Waals surface area (Å²) >= 11 is 5.69. The van der Waals surface area contributed by atoms with Crippen LogP contribution in [-0.4, -0.2) is 47.4 Å². The van der Waals surface area contributed by atoms with Gasteiger partial charge >= 0.3 is 0 Å². The number of nitrogens with zero attached hydrogens (tertiary/aromatic N) is 3. The van der Waals surface area contributed by atoms with Crippen molar-refractivity contribution < 1.29 is 13.9 Å². The Bertz CT molecular complexity index is 800. The highest BCUT2D eigenvalue weighted by Crippen LogP contribution is 2.23. The van der Waals surface area contributed by atoms with Gasteiger partial charge in [0.05, 0.1) is 26.0 Å². The first-order valence-electron chi connectivity index (χ1n) is 8.86. The Labute approximate surface area is 158 Å². The van der Waals surface area contributed by atoms with E-state index in [1.807, 2.05) is 0 Å². The monoisotopic (exact) mass is 379 g/mol. The average molecular weight is 380 g/mol. The molecule has 0 bridgehead atoms. The van der Waals surface area contributed by atoms with Crippen LogP contribution in [0.3, 0.4) is 0 Å². The van der Waals surface area contributed by atoms with Gasteiger partial charge in [0.25, 0.3) is 0 Å². The normalized spacial score (nSPS) is 18.4. The van der Waals surface area contributed by atoms with E-state index in [1.165, 1.54) is 23.5 Å². The molecule has 0 N–H and O–H groups in total. The van der Waals surface area contributed by atoms with Crippen molar-refractivity contribution in [3.05, 3.63) is 51.8 Å². The van der Waals surface area contributed by atoms with Gasteiger partial charge in [-0.05, 0) is 43.8 Å². The highest BCUT2D eigenvalue weighted by atomic mass is 32.1. The molecule has 0 saturated carbocycles. The molecule has 1 fully saturated rings. The summed E-state index contributed by atoms with van der Waals surface area (Å²) in [6, 6.07) is 6.56. The molecule has 1 unspecified atom stereocenters. The van der Waals surface area contributed by atoms with Gasteiger partial charge in [-0.2, -0.15) is 0 Å². The number of hydrogen-bond acceptors (Lipinski definition) is 4. The predicted molar refractivity (Wildman–Crippen MR) is 101 cm³/mol. The highest BCUT2D eigenvalue weighted by molar-refractivity contribution is 7.71. The zero-order valence-corrected chi connectivity index (χ0v) is 16.4. The second-order valence-electron chi connectivity index (χ2n) is 6.66. The summed E-state index contributed by atoms with van der Waals surface area (Å²) in [6.07, 6.45) is -0.0458. The van der Waals surface area contributed by atoms with Gasteiger partial charge in [-0.1, -0.05) is 12.1 Å². The minimum atomic E-state index is -0.226. The number of benzene rings is 1. The molecule has 142 valence electrons. The second kappa shape index (κ2) is 8.43. The van der Waals surface area contributed by atoms with Gasteiger partial charge in [0.1, 0.15) is 5.82 Å². The molecule has 2 aromatic rings. The van der Waals surface area contributed by atoms with Crippen LogP contribution in [0, 0.1) is 24.4 Å². The molecule has 0 radical (unpaired) electrons. The lowest BCUT2D eigenvalue weighted by Gasteiger charge is -2.33. The minimum Gasteiger partial charge on any atom is -0.383 e. The van der Waals surface area contributed by atoms with Crippen molar-refractivity contribution in [3.8, 4) is 0 Å². The molecule has 3 rings (SSSR count). The van der Waals surface area contributed by atoms with Crippen LogP contribution < -0.4 is 0 Å². The second-order valence-corrected chi connectivity index (χ2v) is 7.02. The number of hydrogen-bond donors (Lipinski definition) is 0. The van der Waals surface area contributed by atoms with Crippen LogP contribution in [0.2, 0.25) is 0 Å². The Kier molecular flexibility index (Phi) is 6.24. The number of imidazole rings is 1. The van der Waals surface area contributed by atoms with Gasteiger partial charge in [0.15, 0.2) is 4.77 Å². The molecular formula is C19H26FN3O2S. The summed E-state index contributed by atoms with van der Waals surface area (Å²) in [7, 11) is 1.70. The van der Waals surface area contributed by atoms with Crippen LogP contribution in [0.4, 0.5) is 4.39 Å². The molecule has 2 heterocycles. The molecular weight excluding hydrogens is 353 g/mol. The van der Waals surface area contributed by atoms with Gasteiger partial charge in [0.2, 0.25) is 0 Å². The van der Waals surface area contributed by atoms with Crippen molar-refractivity contribution in [3.63, 3.8) is 0 Å². The molecule has 1 aromatic heterocycles. The Morgan fingerprint density at radius 3 is 2.58 bits per heavy atom. The fraction of sp³-hybridized carbons (Fsp3) is 0.526. The fourth-order valence-electron chi connectivity index (χ4n) is 3.35. The van der Waals surface area contributed by atoms with Gasteiger partial charge < -0.3 is 18.6 Å². The van der Waals surface area contributed by atoms with E-state index in [0.29, 0.717) is 13.2 Å². The summed E-state index contributed by atoms with van der Waals surface area (Å²) < 4.78 is 29.4. The van der Waals surface area contributed by atoms with E-state index in [9.17, 15) is 4.39 Å². The van der Waals surface area contributed by atoms with Gasteiger partial charge in [0, 0.05) is 38.1 Å². The zero-order chi connectivity index (χ0) is 18.7. The lowest BCUT2D eigenvalue weighted by atomic mass is 10.1. The SMILES string of the molecule is COCCn1c(C)c(C)n(CN2CCOC(c3ccc(F)cc3)C2)c1=S. The Morgan fingerprint density at radius 2 is 1.88 bits per heavy atom. The van der Waals surface area contributed by atoms with Crippen molar-refractivity contribution in [1.82, 2.24) is 14.0 Å². The highest BCUT2D eigenvalue weighted by Gasteiger charge is 2.23. The molecule has 1 aromatic carbocycles. The van der Waals surface area contributed by atoms with Crippen molar-refractivity contribution in [2.75, 3.05) is 33.4 Å². The van der Waals surface area contributed by atoms with Crippen LogP contribution in [0.25, 0.3) is 0 Å². The van der Waals surface area contributed by atoms with Crippen molar-refractivity contribution in [1.29, 1.82) is 0 Å². The van der Waals surface area contributed by atoms with E-state index >= 15 is 0 Å². The first kappa shape index (κ1) is 19.2. The van der Waals surface area contributed by atoms with E-state index in [2.05, 4.69) is 27.9 Å². The molecule has 0 aliphatic carbocycles. The fourth-order valence-corrected chi connectivity index (χ4v) is 3.77. The van der Waals surface area contributed by atoms with Crippen molar-refractivity contribution in [2.24, 2.45) is 0 Å². The molecule has 0 amide bonds. The predicted octanol–water partition coefficient (Wildman–Crippen LogP) is 3.45. The van der Waals surface area contributed by atoms with E-state index in [0.717, 1.165) is 36.6 Å². The third-order valence-corrected chi connectivity index (χ3v) is 5.49. The number of ether oxygens (including phenoxy) is 2. The largest absolute Gasteiger partial charge is 0.383 e.